The molecule has 0 saturated heterocycles. The Morgan fingerprint density at radius 1 is 1.23 bits per heavy atom. The zero-order valence-electron chi connectivity index (χ0n) is 14.8. The van der Waals surface area contributed by atoms with E-state index in [-0.39, 0.29) is 18.4 Å². The van der Waals surface area contributed by atoms with Gasteiger partial charge in [0.15, 0.2) is 5.78 Å². The topological polar surface area (TPSA) is 124 Å². The number of methoxy groups -OCH3 is 1. The Kier molecular flexibility index (Phi) is 8.54. The standard InChI is InChI=1S/C19H24O7/c1-3-4-5-8-14(20)18(23)15(21)9-6-7-12-10-13(26-2)11-16(22)17(12)19(24)25/h3-5,8,10-11,15,18,21-23H,6-7,9H2,1-2H3,(H,24,25). The number of hydrogen-bond donors (Lipinski definition) is 4. The van der Waals surface area contributed by atoms with Crippen LogP contribution in [0.25, 0.3) is 0 Å². The maximum atomic E-state index is 11.7. The van der Waals surface area contributed by atoms with Crippen LogP contribution in [-0.2, 0) is 11.2 Å². The van der Waals surface area contributed by atoms with Crippen molar-refractivity contribution in [1.82, 2.24) is 0 Å². The Bertz CT molecular complexity index is 691. The number of aromatic hydroxyl groups is 1. The van der Waals surface area contributed by atoms with Crippen molar-refractivity contribution in [3.63, 3.8) is 0 Å². The lowest BCUT2D eigenvalue weighted by atomic mass is 9.97. The van der Waals surface area contributed by atoms with Crippen molar-refractivity contribution in [3.05, 3.63) is 47.6 Å². The lowest BCUT2D eigenvalue weighted by Crippen LogP contribution is -2.32. The van der Waals surface area contributed by atoms with Crippen LogP contribution in [0.15, 0.2) is 36.4 Å². The molecule has 0 saturated carbocycles. The Morgan fingerprint density at radius 3 is 2.50 bits per heavy atom. The number of carbonyl (C=O) groups excluding carboxylic acids is 1. The zero-order valence-corrected chi connectivity index (χ0v) is 14.8. The number of aryl methyl sites for hydroxylation is 1. The maximum Gasteiger partial charge on any atom is 0.339 e. The van der Waals surface area contributed by atoms with Crippen molar-refractivity contribution in [3.8, 4) is 11.5 Å². The third kappa shape index (κ3) is 6.02. The SMILES string of the molecule is CC=CC=CC(=O)C(O)C(O)CCCc1cc(OC)cc(O)c1C(=O)O. The molecule has 0 radical (unpaired) electrons. The van der Waals surface area contributed by atoms with Crippen LogP contribution in [0.1, 0.15) is 35.7 Å². The number of aromatic carboxylic acids is 1. The summed E-state index contributed by atoms with van der Waals surface area (Å²) in [5, 5.41) is 38.8. The van der Waals surface area contributed by atoms with Crippen LogP contribution in [-0.4, -0.2) is 51.5 Å². The maximum absolute atomic E-state index is 11.7. The van der Waals surface area contributed by atoms with Gasteiger partial charge >= 0.3 is 5.97 Å². The normalized spacial score (nSPS) is 13.8. The number of ether oxygens (including phenoxy) is 1. The quantitative estimate of drug-likeness (QED) is 0.369. The van der Waals surface area contributed by atoms with E-state index in [4.69, 9.17) is 4.74 Å². The van der Waals surface area contributed by atoms with E-state index >= 15 is 0 Å². The van der Waals surface area contributed by atoms with Crippen molar-refractivity contribution < 1.29 is 34.8 Å². The number of phenols is 1. The molecule has 2 atom stereocenters. The third-order valence-corrected chi connectivity index (χ3v) is 3.79. The van der Waals surface area contributed by atoms with E-state index in [0.29, 0.717) is 17.7 Å². The summed E-state index contributed by atoms with van der Waals surface area (Å²) in [4.78, 5) is 23.0. The fraction of sp³-hybridized carbons (Fsp3) is 0.368. The number of aliphatic hydroxyl groups excluding tert-OH is 2. The van der Waals surface area contributed by atoms with E-state index in [1.807, 2.05) is 0 Å². The molecular formula is C19H24O7. The van der Waals surface area contributed by atoms with E-state index in [9.17, 15) is 30.0 Å². The van der Waals surface area contributed by atoms with Crippen LogP contribution >= 0.6 is 0 Å². The summed E-state index contributed by atoms with van der Waals surface area (Å²) >= 11 is 0. The lowest BCUT2D eigenvalue weighted by Gasteiger charge is -2.16. The predicted molar refractivity (Wildman–Crippen MR) is 95.5 cm³/mol. The lowest BCUT2D eigenvalue weighted by molar-refractivity contribution is -0.128. The molecular weight excluding hydrogens is 340 g/mol. The van der Waals surface area contributed by atoms with Gasteiger partial charge in [0, 0.05) is 6.07 Å². The first-order valence-electron chi connectivity index (χ1n) is 8.14. The van der Waals surface area contributed by atoms with Crippen molar-refractivity contribution in [2.75, 3.05) is 7.11 Å². The summed E-state index contributed by atoms with van der Waals surface area (Å²) in [5.74, 6) is -1.98. The highest BCUT2D eigenvalue weighted by atomic mass is 16.5. The average Bonchev–Trinajstić information content (AvgIpc) is 2.60. The van der Waals surface area contributed by atoms with Crippen molar-refractivity contribution in [2.24, 2.45) is 0 Å². The number of benzene rings is 1. The van der Waals surface area contributed by atoms with Gasteiger partial charge in [0.25, 0.3) is 0 Å². The molecule has 0 aliphatic heterocycles. The van der Waals surface area contributed by atoms with Crippen LogP contribution in [0, 0.1) is 0 Å². The van der Waals surface area contributed by atoms with Gasteiger partial charge in [-0.1, -0.05) is 18.2 Å². The van der Waals surface area contributed by atoms with Crippen molar-refractivity contribution >= 4 is 11.8 Å². The van der Waals surface area contributed by atoms with Crippen LogP contribution in [0.5, 0.6) is 11.5 Å². The summed E-state index contributed by atoms with van der Waals surface area (Å²) < 4.78 is 5.01. The van der Waals surface area contributed by atoms with Gasteiger partial charge in [0.1, 0.15) is 23.2 Å². The first-order valence-corrected chi connectivity index (χ1v) is 8.14. The molecule has 4 N–H and O–H groups in total. The third-order valence-electron chi connectivity index (χ3n) is 3.79. The van der Waals surface area contributed by atoms with E-state index in [1.165, 1.54) is 31.4 Å². The van der Waals surface area contributed by atoms with E-state index < -0.39 is 29.7 Å². The van der Waals surface area contributed by atoms with Crippen molar-refractivity contribution in [1.29, 1.82) is 0 Å². The summed E-state index contributed by atoms with van der Waals surface area (Å²) in [6.07, 6.45) is 3.78. The molecule has 7 heteroatoms. The van der Waals surface area contributed by atoms with Crippen LogP contribution < -0.4 is 4.74 Å². The number of allylic oxidation sites excluding steroid dienone is 3. The number of carboxylic acid groups (broad SMARTS) is 1. The fourth-order valence-corrected chi connectivity index (χ4v) is 2.43. The molecule has 0 aromatic heterocycles. The molecule has 0 fully saturated rings. The molecule has 0 amide bonds. The van der Waals surface area contributed by atoms with Crippen LogP contribution in [0.2, 0.25) is 0 Å². The number of hydrogen-bond acceptors (Lipinski definition) is 6. The molecule has 1 aromatic carbocycles. The number of rotatable bonds is 10. The van der Waals surface area contributed by atoms with E-state index in [2.05, 4.69) is 0 Å². The number of carbonyl (C=O) groups is 2. The molecule has 0 heterocycles. The van der Waals surface area contributed by atoms with Gasteiger partial charge in [-0.25, -0.2) is 4.79 Å². The van der Waals surface area contributed by atoms with Gasteiger partial charge in [-0.2, -0.15) is 0 Å². The molecule has 0 aliphatic rings. The minimum absolute atomic E-state index is 0.0847. The Morgan fingerprint density at radius 2 is 1.92 bits per heavy atom. The molecule has 7 nitrogen and oxygen atoms in total. The molecule has 2 unspecified atom stereocenters. The molecule has 26 heavy (non-hydrogen) atoms. The predicted octanol–water partition coefficient (Wildman–Crippen LogP) is 1.84. The monoisotopic (exact) mass is 364 g/mol. The highest BCUT2D eigenvalue weighted by molar-refractivity contribution is 5.94. The van der Waals surface area contributed by atoms with Gasteiger partial charge in [0.05, 0.1) is 13.2 Å². The number of aliphatic hydroxyl groups is 2. The highest BCUT2D eigenvalue weighted by Crippen LogP contribution is 2.29. The number of ketones is 1. The number of carboxylic acids is 1. The van der Waals surface area contributed by atoms with Crippen LogP contribution in [0.3, 0.4) is 0 Å². The Balaban J connectivity index is 2.74. The largest absolute Gasteiger partial charge is 0.507 e. The Labute approximate surface area is 151 Å². The molecule has 142 valence electrons. The molecule has 1 rings (SSSR count). The molecule has 0 aliphatic carbocycles. The van der Waals surface area contributed by atoms with Gasteiger partial charge in [-0.3, -0.25) is 4.79 Å². The molecule has 0 spiro atoms. The smallest absolute Gasteiger partial charge is 0.339 e. The molecule has 1 aromatic rings. The summed E-state index contributed by atoms with van der Waals surface area (Å²) in [6, 6.07) is 2.71. The average molecular weight is 364 g/mol. The van der Waals surface area contributed by atoms with Gasteiger partial charge in [0.2, 0.25) is 0 Å². The van der Waals surface area contributed by atoms with E-state index in [0.717, 1.165) is 0 Å². The van der Waals surface area contributed by atoms with Gasteiger partial charge in [-0.05, 0) is 43.9 Å². The summed E-state index contributed by atoms with van der Waals surface area (Å²) in [6.45, 7) is 1.78. The van der Waals surface area contributed by atoms with Crippen LogP contribution in [0.4, 0.5) is 0 Å². The Hall–Kier alpha value is -2.64. The van der Waals surface area contributed by atoms with Crippen molar-refractivity contribution in [2.45, 2.75) is 38.4 Å². The fourth-order valence-electron chi connectivity index (χ4n) is 2.43. The first kappa shape index (κ1) is 21.4. The second-order valence-electron chi connectivity index (χ2n) is 5.68. The minimum Gasteiger partial charge on any atom is -0.507 e. The second-order valence-corrected chi connectivity index (χ2v) is 5.68. The summed E-state index contributed by atoms with van der Waals surface area (Å²) in [5.41, 5.74) is 0.113. The van der Waals surface area contributed by atoms with Gasteiger partial charge in [-0.15, -0.1) is 0 Å². The zero-order chi connectivity index (χ0) is 19.7. The molecule has 0 bridgehead atoms. The minimum atomic E-state index is -1.55. The summed E-state index contributed by atoms with van der Waals surface area (Å²) in [7, 11) is 1.39. The highest BCUT2D eigenvalue weighted by Gasteiger charge is 2.23. The van der Waals surface area contributed by atoms with Gasteiger partial charge < -0.3 is 25.2 Å². The first-order chi connectivity index (χ1) is 12.3. The van der Waals surface area contributed by atoms with E-state index in [1.54, 1.807) is 19.1 Å². The second kappa shape index (κ2) is 10.4.